The molecule has 0 aromatic heterocycles. The summed E-state index contributed by atoms with van der Waals surface area (Å²) in [6.45, 7) is 1.74. The lowest BCUT2D eigenvalue weighted by atomic mass is 10.1. The molecule has 3 heteroatoms. The molecule has 0 saturated heterocycles. The van der Waals surface area contributed by atoms with E-state index < -0.39 is 0 Å². The minimum Gasteiger partial charge on any atom is -0.479 e. The molecule has 100 valence electrons. The van der Waals surface area contributed by atoms with Gasteiger partial charge in [-0.05, 0) is 37.3 Å². The first kappa shape index (κ1) is 14.2. The molecule has 0 aliphatic rings. The van der Waals surface area contributed by atoms with E-state index in [4.69, 9.17) is 16.3 Å². The molecule has 0 atom stereocenters. The molecule has 0 N–H and O–H groups in total. The van der Waals surface area contributed by atoms with Gasteiger partial charge in [-0.3, -0.25) is 4.79 Å². The van der Waals surface area contributed by atoms with Crippen molar-refractivity contribution in [2.24, 2.45) is 0 Å². The molecule has 0 radical (unpaired) electrons. The van der Waals surface area contributed by atoms with Crippen molar-refractivity contribution < 1.29 is 9.53 Å². The lowest BCUT2D eigenvalue weighted by Crippen LogP contribution is -1.97. The van der Waals surface area contributed by atoms with Crippen molar-refractivity contribution in [1.29, 1.82) is 0 Å². The molecule has 2 rings (SSSR count). The van der Waals surface area contributed by atoms with E-state index >= 15 is 0 Å². The van der Waals surface area contributed by atoms with E-state index in [9.17, 15) is 4.79 Å². The van der Waals surface area contributed by atoms with Gasteiger partial charge < -0.3 is 4.74 Å². The fraction of sp³-hybridized carbons (Fsp3) is 0.118. The van der Waals surface area contributed by atoms with Crippen LogP contribution in [-0.4, -0.2) is 12.4 Å². The second-order valence-corrected chi connectivity index (χ2v) is 4.57. The predicted molar refractivity (Wildman–Crippen MR) is 80.3 cm³/mol. The third-order valence-electron chi connectivity index (χ3n) is 2.64. The van der Waals surface area contributed by atoms with Gasteiger partial charge in [0.1, 0.15) is 12.4 Å². The molecule has 20 heavy (non-hydrogen) atoms. The molecule has 2 aromatic rings. The van der Waals surface area contributed by atoms with E-state index in [2.05, 4.69) is 11.8 Å². The normalized spacial score (nSPS) is 9.50. The average Bonchev–Trinajstić information content (AvgIpc) is 2.46. The highest BCUT2D eigenvalue weighted by atomic mass is 35.5. The Morgan fingerprint density at radius 1 is 1.20 bits per heavy atom. The van der Waals surface area contributed by atoms with Gasteiger partial charge in [0.15, 0.2) is 5.78 Å². The Kier molecular flexibility index (Phi) is 4.81. The molecule has 0 aliphatic carbocycles. The number of halogens is 1. The number of rotatable bonds is 3. The van der Waals surface area contributed by atoms with Crippen LogP contribution in [0.1, 0.15) is 22.8 Å². The third-order valence-corrected chi connectivity index (χ3v) is 2.94. The Labute approximate surface area is 123 Å². The first-order chi connectivity index (χ1) is 9.66. The summed E-state index contributed by atoms with van der Waals surface area (Å²) in [6.07, 6.45) is 0. The number of carbonyl (C=O) groups excluding carboxylic acids is 1. The van der Waals surface area contributed by atoms with Crippen LogP contribution in [0.2, 0.25) is 5.02 Å². The number of benzene rings is 2. The molecular weight excluding hydrogens is 272 g/mol. The van der Waals surface area contributed by atoms with Crippen LogP contribution >= 0.6 is 11.6 Å². The minimum absolute atomic E-state index is 0.0256. The van der Waals surface area contributed by atoms with Crippen molar-refractivity contribution in [3.05, 3.63) is 64.7 Å². The van der Waals surface area contributed by atoms with Crippen LogP contribution in [0.4, 0.5) is 0 Å². The monoisotopic (exact) mass is 284 g/mol. The van der Waals surface area contributed by atoms with Gasteiger partial charge in [0.25, 0.3) is 0 Å². The number of carbonyl (C=O) groups is 1. The van der Waals surface area contributed by atoms with Gasteiger partial charge in [0, 0.05) is 11.1 Å². The van der Waals surface area contributed by atoms with E-state index in [0.717, 1.165) is 5.56 Å². The summed E-state index contributed by atoms with van der Waals surface area (Å²) >= 11 is 6.04. The highest BCUT2D eigenvalue weighted by molar-refractivity contribution is 6.32. The number of ketones is 1. The summed E-state index contributed by atoms with van der Waals surface area (Å²) in [7, 11) is 0. The summed E-state index contributed by atoms with van der Waals surface area (Å²) in [5, 5.41) is 0.416. The van der Waals surface area contributed by atoms with E-state index in [1.807, 2.05) is 30.3 Å². The highest BCUT2D eigenvalue weighted by Crippen LogP contribution is 2.25. The first-order valence-corrected chi connectivity index (χ1v) is 6.52. The summed E-state index contributed by atoms with van der Waals surface area (Å²) in [5.74, 6) is 6.41. The fourth-order valence-electron chi connectivity index (χ4n) is 1.61. The standard InChI is InChI=1S/C17H13ClO2/c1-13(19)15-9-10-17(16(18)12-15)20-11-5-8-14-6-3-2-4-7-14/h2-4,6-7,9-10,12H,11H2,1H3. The lowest BCUT2D eigenvalue weighted by Gasteiger charge is -2.05. The van der Waals surface area contributed by atoms with E-state index in [1.54, 1.807) is 18.2 Å². The molecule has 2 nitrogen and oxygen atoms in total. The summed E-state index contributed by atoms with van der Waals surface area (Å²) in [5.41, 5.74) is 1.51. The van der Waals surface area contributed by atoms with Crippen LogP contribution in [-0.2, 0) is 0 Å². The molecule has 0 heterocycles. The molecule has 2 aromatic carbocycles. The molecule has 0 aliphatic heterocycles. The van der Waals surface area contributed by atoms with Crippen molar-refractivity contribution in [2.45, 2.75) is 6.92 Å². The summed E-state index contributed by atoms with van der Waals surface area (Å²) in [4.78, 5) is 11.2. The van der Waals surface area contributed by atoms with E-state index in [-0.39, 0.29) is 12.4 Å². The Balaban J connectivity index is 1.98. The van der Waals surface area contributed by atoms with Crippen LogP contribution in [0.15, 0.2) is 48.5 Å². The molecule has 0 spiro atoms. The Morgan fingerprint density at radius 2 is 1.95 bits per heavy atom. The Bertz CT molecular complexity index is 666. The molecule has 0 amide bonds. The van der Waals surface area contributed by atoms with Gasteiger partial charge in [-0.1, -0.05) is 41.6 Å². The maximum absolute atomic E-state index is 11.2. The largest absolute Gasteiger partial charge is 0.479 e. The Hall–Kier alpha value is -2.24. The second kappa shape index (κ2) is 6.79. The van der Waals surface area contributed by atoms with Crippen LogP contribution in [0.5, 0.6) is 5.75 Å². The molecular formula is C17H13ClO2. The fourth-order valence-corrected chi connectivity index (χ4v) is 1.85. The number of Topliss-reactive ketones (excluding diaryl/α,β-unsaturated/α-hetero) is 1. The van der Waals surface area contributed by atoms with Gasteiger partial charge >= 0.3 is 0 Å². The highest BCUT2D eigenvalue weighted by Gasteiger charge is 2.05. The number of hydrogen-bond acceptors (Lipinski definition) is 2. The zero-order valence-electron chi connectivity index (χ0n) is 11.0. The van der Waals surface area contributed by atoms with Crippen molar-refractivity contribution in [3.63, 3.8) is 0 Å². The zero-order chi connectivity index (χ0) is 14.4. The van der Waals surface area contributed by atoms with Crippen molar-refractivity contribution >= 4 is 17.4 Å². The van der Waals surface area contributed by atoms with Gasteiger partial charge in [-0.2, -0.15) is 0 Å². The topological polar surface area (TPSA) is 26.3 Å². The van der Waals surface area contributed by atoms with Crippen LogP contribution < -0.4 is 4.74 Å². The first-order valence-electron chi connectivity index (χ1n) is 6.14. The lowest BCUT2D eigenvalue weighted by molar-refractivity contribution is 0.101. The van der Waals surface area contributed by atoms with Crippen molar-refractivity contribution in [3.8, 4) is 17.6 Å². The smallest absolute Gasteiger partial charge is 0.159 e. The average molecular weight is 285 g/mol. The summed E-state index contributed by atoms with van der Waals surface area (Å²) < 4.78 is 5.48. The van der Waals surface area contributed by atoms with E-state index in [1.165, 1.54) is 6.92 Å². The predicted octanol–water partition coefficient (Wildman–Crippen LogP) is 3.97. The van der Waals surface area contributed by atoms with Crippen LogP contribution in [0, 0.1) is 11.8 Å². The maximum Gasteiger partial charge on any atom is 0.159 e. The molecule has 0 fully saturated rings. The molecule has 0 unspecified atom stereocenters. The van der Waals surface area contributed by atoms with Crippen LogP contribution in [0.3, 0.4) is 0 Å². The van der Waals surface area contributed by atoms with Crippen molar-refractivity contribution in [2.75, 3.05) is 6.61 Å². The van der Waals surface area contributed by atoms with Crippen molar-refractivity contribution in [1.82, 2.24) is 0 Å². The maximum atomic E-state index is 11.2. The van der Waals surface area contributed by atoms with Gasteiger partial charge in [0.05, 0.1) is 5.02 Å². The quantitative estimate of drug-likeness (QED) is 0.630. The van der Waals surface area contributed by atoms with Crippen LogP contribution in [0.25, 0.3) is 0 Å². The SMILES string of the molecule is CC(=O)c1ccc(OCC#Cc2ccccc2)c(Cl)c1. The van der Waals surface area contributed by atoms with Gasteiger partial charge in [-0.25, -0.2) is 0 Å². The zero-order valence-corrected chi connectivity index (χ0v) is 11.8. The molecule has 0 saturated carbocycles. The summed E-state index contributed by atoms with van der Waals surface area (Å²) in [6, 6.07) is 14.6. The molecule has 0 bridgehead atoms. The third kappa shape index (κ3) is 3.88. The minimum atomic E-state index is -0.0256. The number of ether oxygens (including phenoxy) is 1. The number of hydrogen-bond donors (Lipinski definition) is 0. The van der Waals surface area contributed by atoms with Gasteiger partial charge in [0.2, 0.25) is 0 Å². The Morgan fingerprint density at radius 3 is 2.60 bits per heavy atom. The van der Waals surface area contributed by atoms with Gasteiger partial charge in [-0.15, -0.1) is 0 Å². The second-order valence-electron chi connectivity index (χ2n) is 4.16. The van der Waals surface area contributed by atoms with E-state index in [0.29, 0.717) is 16.3 Å².